The predicted molar refractivity (Wildman–Crippen MR) is 62.3 cm³/mol. The van der Waals surface area contributed by atoms with E-state index in [0.29, 0.717) is 35.7 Å². The lowest BCUT2D eigenvalue weighted by molar-refractivity contribution is 0.0705. The van der Waals surface area contributed by atoms with Crippen molar-refractivity contribution in [3.8, 4) is 6.01 Å². The van der Waals surface area contributed by atoms with Crippen LogP contribution in [0, 0.1) is 0 Å². The van der Waals surface area contributed by atoms with Crippen molar-refractivity contribution in [2.24, 2.45) is 0 Å². The van der Waals surface area contributed by atoms with Gasteiger partial charge >= 0.3 is 6.01 Å². The molecule has 0 unspecified atom stereocenters. The van der Waals surface area contributed by atoms with Gasteiger partial charge in [-0.25, -0.2) is 0 Å². The van der Waals surface area contributed by atoms with Crippen molar-refractivity contribution < 1.29 is 9.47 Å². The van der Waals surface area contributed by atoms with Crippen LogP contribution in [0.1, 0.15) is 20.3 Å². The second-order valence-electron chi connectivity index (χ2n) is 2.87. The van der Waals surface area contributed by atoms with Gasteiger partial charge in [0.1, 0.15) is 16.5 Å². The van der Waals surface area contributed by atoms with Gasteiger partial charge in [0.2, 0.25) is 0 Å². The number of nitrogens with zero attached hydrogens (tertiary/aromatic N) is 2. The molecule has 15 heavy (non-hydrogen) atoms. The van der Waals surface area contributed by atoms with Crippen LogP contribution in [0.15, 0.2) is 4.60 Å². The Morgan fingerprint density at radius 2 is 2.20 bits per heavy atom. The largest absolute Gasteiger partial charge is 0.465 e. The molecule has 1 aromatic heterocycles. The Labute approximate surface area is 103 Å². The van der Waals surface area contributed by atoms with Gasteiger partial charge in [-0.1, -0.05) is 18.5 Å². The smallest absolute Gasteiger partial charge is 0.300 e. The van der Waals surface area contributed by atoms with Crippen LogP contribution in [0.5, 0.6) is 6.01 Å². The third kappa shape index (κ3) is 3.36. The molecule has 0 atom stereocenters. The summed E-state index contributed by atoms with van der Waals surface area (Å²) in [6, 6.07) is 0.477. The molecule has 0 aliphatic heterocycles. The average Bonchev–Trinajstić information content (AvgIpc) is 2.47. The van der Waals surface area contributed by atoms with E-state index in [9.17, 15) is 0 Å². The van der Waals surface area contributed by atoms with E-state index in [-0.39, 0.29) is 0 Å². The Morgan fingerprint density at radius 3 is 2.80 bits per heavy atom. The summed E-state index contributed by atoms with van der Waals surface area (Å²) in [7, 11) is 0. The van der Waals surface area contributed by atoms with Crippen LogP contribution in [-0.2, 0) is 11.5 Å². The molecule has 0 aliphatic carbocycles. The summed E-state index contributed by atoms with van der Waals surface area (Å²) in [5.41, 5.74) is 0. The summed E-state index contributed by atoms with van der Waals surface area (Å²) in [4.78, 5) is 4.12. The molecule has 0 saturated heterocycles. The summed E-state index contributed by atoms with van der Waals surface area (Å²) in [6.07, 6.45) is 0.970. The second-order valence-corrected chi connectivity index (χ2v) is 3.98. The number of hydrogen-bond donors (Lipinski definition) is 0. The minimum absolute atomic E-state index is 0.362. The topological polar surface area (TPSA) is 36.3 Å². The van der Waals surface area contributed by atoms with Crippen LogP contribution in [0.4, 0.5) is 0 Å². The Kier molecular flexibility index (Phi) is 5.42. The monoisotopic (exact) mass is 296 g/mol. The zero-order valence-corrected chi connectivity index (χ0v) is 11.1. The molecule has 0 bridgehead atoms. The molecule has 4 nitrogen and oxygen atoms in total. The van der Waals surface area contributed by atoms with Crippen molar-refractivity contribution in [1.29, 1.82) is 0 Å². The Morgan fingerprint density at radius 1 is 1.47 bits per heavy atom. The molecule has 0 aromatic carbocycles. The van der Waals surface area contributed by atoms with Crippen LogP contribution < -0.4 is 4.74 Å². The normalized spacial score (nSPS) is 10.7. The van der Waals surface area contributed by atoms with Crippen LogP contribution in [0.3, 0.4) is 0 Å². The lowest BCUT2D eigenvalue weighted by Gasteiger charge is -2.08. The van der Waals surface area contributed by atoms with Crippen LogP contribution >= 0.6 is 27.5 Å². The standard InChI is InChI=1S/C9H14BrClN2O2/c1-3-5-14-6-13-8(11)7(10)12-9(13)15-4-2/h3-6H2,1-2H3. The summed E-state index contributed by atoms with van der Waals surface area (Å²) in [5, 5.41) is 0.495. The highest BCUT2D eigenvalue weighted by atomic mass is 79.9. The molecule has 0 radical (unpaired) electrons. The van der Waals surface area contributed by atoms with Gasteiger partial charge in [0.05, 0.1) is 6.61 Å². The number of ether oxygens (including phenoxy) is 2. The maximum atomic E-state index is 6.02. The van der Waals surface area contributed by atoms with Crippen LogP contribution in [0.2, 0.25) is 5.15 Å². The first-order valence-electron chi connectivity index (χ1n) is 4.82. The van der Waals surface area contributed by atoms with Crippen LogP contribution in [-0.4, -0.2) is 22.8 Å². The van der Waals surface area contributed by atoms with Crippen molar-refractivity contribution in [3.63, 3.8) is 0 Å². The van der Waals surface area contributed by atoms with Gasteiger partial charge in [0, 0.05) is 6.61 Å². The minimum Gasteiger partial charge on any atom is -0.465 e. The molecule has 0 spiro atoms. The van der Waals surface area contributed by atoms with Gasteiger partial charge in [-0.3, -0.25) is 4.57 Å². The van der Waals surface area contributed by atoms with E-state index in [2.05, 4.69) is 27.8 Å². The molecule has 6 heteroatoms. The predicted octanol–water partition coefficient (Wildman–Crippen LogP) is 3.08. The fourth-order valence-electron chi connectivity index (χ4n) is 1.04. The first kappa shape index (κ1) is 12.8. The van der Waals surface area contributed by atoms with Gasteiger partial charge in [-0.2, -0.15) is 4.98 Å². The van der Waals surface area contributed by atoms with E-state index in [0.717, 1.165) is 6.42 Å². The number of halogens is 2. The first-order valence-corrected chi connectivity index (χ1v) is 5.99. The lowest BCUT2D eigenvalue weighted by Crippen LogP contribution is -2.07. The Hall–Kier alpha value is -0.260. The van der Waals surface area contributed by atoms with E-state index >= 15 is 0 Å². The molecule has 0 fully saturated rings. The van der Waals surface area contributed by atoms with Gasteiger partial charge in [0.25, 0.3) is 0 Å². The summed E-state index contributed by atoms with van der Waals surface area (Å²) in [6.45, 7) is 5.55. The van der Waals surface area contributed by atoms with Gasteiger partial charge < -0.3 is 9.47 Å². The van der Waals surface area contributed by atoms with Crippen LogP contribution in [0.25, 0.3) is 0 Å². The maximum absolute atomic E-state index is 6.02. The SMILES string of the molecule is CCCOCn1c(OCC)nc(Br)c1Cl. The first-order chi connectivity index (χ1) is 7.20. The van der Waals surface area contributed by atoms with Gasteiger partial charge in [-0.05, 0) is 29.3 Å². The number of hydrogen-bond acceptors (Lipinski definition) is 3. The maximum Gasteiger partial charge on any atom is 0.300 e. The van der Waals surface area contributed by atoms with E-state index in [1.54, 1.807) is 4.57 Å². The summed E-state index contributed by atoms with van der Waals surface area (Å²) in [5.74, 6) is 0. The van der Waals surface area contributed by atoms with E-state index in [1.165, 1.54) is 0 Å². The van der Waals surface area contributed by atoms with Gasteiger partial charge in [0.15, 0.2) is 0 Å². The van der Waals surface area contributed by atoms with Crippen molar-refractivity contribution in [1.82, 2.24) is 9.55 Å². The van der Waals surface area contributed by atoms with E-state index in [1.807, 2.05) is 6.92 Å². The third-order valence-corrected chi connectivity index (χ3v) is 2.84. The molecule has 1 rings (SSSR count). The fraction of sp³-hybridized carbons (Fsp3) is 0.667. The molecule has 0 N–H and O–H groups in total. The molecule has 86 valence electrons. The van der Waals surface area contributed by atoms with E-state index in [4.69, 9.17) is 21.1 Å². The fourth-order valence-corrected chi connectivity index (χ4v) is 1.57. The highest BCUT2D eigenvalue weighted by Crippen LogP contribution is 2.27. The molecule has 1 aromatic rings. The second kappa shape index (κ2) is 6.35. The van der Waals surface area contributed by atoms with Crippen molar-refractivity contribution in [3.05, 3.63) is 9.76 Å². The third-order valence-electron chi connectivity index (χ3n) is 1.67. The molecule has 0 saturated carbocycles. The Balaban J connectivity index is 2.73. The molecule has 1 heterocycles. The Bertz CT molecular complexity index is 317. The average molecular weight is 298 g/mol. The summed E-state index contributed by atoms with van der Waals surface area (Å²) < 4.78 is 13.0. The number of aromatic nitrogens is 2. The van der Waals surface area contributed by atoms with Crippen molar-refractivity contribution in [2.75, 3.05) is 13.2 Å². The summed E-state index contributed by atoms with van der Waals surface area (Å²) >= 11 is 9.27. The molecule has 0 aliphatic rings. The quantitative estimate of drug-likeness (QED) is 0.757. The zero-order valence-electron chi connectivity index (χ0n) is 8.80. The lowest BCUT2D eigenvalue weighted by atomic mass is 10.5. The number of imidazole rings is 1. The highest BCUT2D eigenvalue weighted by Gasteiger charge is 2.14. The van der Waals surface area contributed by atoms with E-state index < -0.39 is 0 Å². The molecule has 0 amide bonds. The number of rotatable bonds is 6. The minimum atomic E-state index is 0.362. The van der Waals surface area contributed by atoms with Gasteiger partial charge in [-0.15, -0.1) is 0 Å². The molecular formula is C9H14BrClN2O2. The van der Waals surface area contributed by atoms with Crippen molar-refractivity contribution in [2.45, 2.75) is 27.0 Å². The highest BCUT2D eigenvalue weighted by molar-refractivity contribution is 9.10. The zero-order chi connectivity index (χ0) is 11.3. The van der Waals surface area contributed by atoms with Crippen molar-refractivity contribution >= 4 is 27.5 Å². The molecular weight excluding hydrogens is 283 g/mol.